The normalized spacial score (nSPS) is 16.0. The first kappa shape index (κ1) is 11.3. The van der Waals surface area contributed by atoms with E-state index in [-0.39, 0.29) is 5.56 Å². The number of hydrogen-bond donors (Lipinski definition) is 0. The van der Waals surface area contributed by atoms with E-state index in [1.807, 2.05) is 0 Å². The summed E-state index contributed by atoms with van der Waals surface area (Å²) >= 11 is -3.15. The van der Waals surface area contributed by atoms with Crippen molar-refractivity contribution in [2.24, 2.45) is 0 Å². The standard InChI is InChI=1S/C8H6N2O4S/c9-6-8(10(11)12,15(13)14)7-4-2-1-3-5-7/h1-5H,(H,13,14)/p-1. The van der Waals surface area contributed by atoms with Gasteiger partial charge in [0.2, 0.25) is 0 Å². The van der Waals surface area contributed by atoms with Gasteiger partial charge in [-0.1, -0.05) is 18.2 Å². The van der Waals surface area contributed by atoms with Crippen LogP contribution >= 0.6 is 0 Å². The molecule has 1 rings (SSSR count). The van der Waals surface area contributed by atoms with Gasteiger partial charge in [-0.05, 0) is 12.1 Å². The Morgan fingerprint density at radius 2 is 1.93 bits per heavy atom. The molecule has 1 aromatic rings. The van der Waals surface area contributed by atoms with Crippen LogP contribution in [0, 0.1) is 21.4 Å². The van der Waals surface area contributed by atoms with E-state index in [2.05, 4.69) is 0 Å². The van der Waals surface area contributed by atoms with Crippen molar-refractivity contribution in [1.82, 2.24) is 0 Å². The fourth-order valence-corrected chi connectivity index (χ4v) is 1.59. The van der Waals surface area contributed by atoms with Crippen molar-refractivity contribution in [1.29, 1.82) is 5.26 Å². The van der Waals surface area contributed by atoms with Crippen LogP contribution in [0.25, 0.3) is 0 Å². The minimum absolute atomic E-state index is 0.175. The van der Waals surface area contributed by atoms with Crippen molar-refractivity contribution in [2.45, 2.75) is 4.87 Å². The van der Waals surface area contributed by atoms with Crippen LogP contribution < -0.4 is 0 Å². The van der Waals surface area contributed by atoms with E-state index in [1.54, 1.807) is 6.07 Å². The third-order valence-electron chi connectivity index (χ3n) is 1.81. The Morgan fingerprint density at radius 1 is 1.40 bits per heavy atom. The molecule has 78 valence electrons. The molecule has 15 heavy (non-hydrogen) atoms. The molecule has 0 heterocycles. The molecule has 0 spiro atoms. The molecule has 0 radical (unpaired) electrons. The smallest absolute Gasteiger partial charge is 0.391 e. The first-order chi connectivity index (χ1) is 7.05. The largest absolute Gasteiger partial charge is 0.766 e. The third kappa shape index (κ3) is 1.72. The second-order valence-corrected chi connectivity index (χ2v) is 3.67. The van der Waals surface area contributed by atoms with Gasteiger partial charge in [0.25, 0.3) is 0 Å². The van der Waals surface area contributed by atoms with Crippen LogP contribution in [0.1, 0.15) is 5.56 Å². The summed E-state index contributed by atoms with van der Waals surface area (Å²) in [4.78, 5) is 6.84. The summed E-state index contributed by atoms with van der Waals surface area (Å²) in [5.41, 5.74) is -0.175. The van der Waals surface area contributed by atoms with Crippen molar-refractivity contribution in [3.8, 4) is 6.07 Å². The lowest BCUT2D eigenvalue weighted by Crippen LogP contribution is -2.38. The fourth-order valence-electron chi connectivity index (χ4n) is 1.07. The highest BCUT2D eigenvalue weighted by Crippen LogP contribution is 2.26. The van der Waals surface area contributed by atoms with Gasteiger partial charge in [-0.15, -0.1) is 0 Å². The van der Waals surface area contributed by atoms with Crippen LogP contribution in [0.3, 0.4) is 0 Å². The quantitative estimate of drug-likeness (QED) is 0.423. The Hall–Kier alpha value is -1.78. The van der Waals surface area contributed by atoms with Crippen molar-refractivity contribution < 1.29 is 13.7 Å². The molecule has 0 N–H and O–H groups in total. The van der Waals surface area contributed by atoms with Crippen molar-refractivity contribution in [3.05, 3.63) is 46.0 Å². The molecule has 0 aliphatic rings. The lowest BCUT2D eigenvalue weighted by Gasteiger charge is -2.20. The minimum atomic E-state index is -3.15. The monoisotopic (exact) mass is 225 g/mol. The van der Waals surface area contributed by atoms with Crippen molar-refractivity contribution in [2.75, 3.05) is 0 Å². The van der Waals surface area contributed by atoms with E-state index in [0.29, 0.717) is 0 Å². The number of nitro groups is 1. The Morgan fingerprint density at radius 3 is 2.27 bits per heavy atom. The average Bonchev–Trinajstić information content (AvgIpc) is 2.20. The minimum Gasteiger partial charge on any atom is -0.766 e. The molecule has 1 aromatic carbocycles. The van der Waals surface area contributed by atoms with Gasteiger partial charge in [0.15, 0.2) is 6.07 Å². The highest BCUT2D eigenvalue weighted by molar-refractivity contribution is 7.80. The summed E-state index contributed by atoms with van der Waals surface area (Å²) in [6.45, 7) is 0. The van der Waals surface area contributed by atoms with E-state index in [4.69, 9.17) is 5.26 Å². The van der Waals surface area contributed by atoms with Gasteiger partial charge in [-0.2, -0.15) is 5.26 Å². The van der Waals surface area contributed by atoms with Gasteiger partial charge in [0.05, 0.1) is 10.5 Å². The van der Waals surface area contributed by atoms with Crippen LogP contribution in [0.15, 0.2) is 30.3 Å². The lowest BCUT2D eigenvalue weighted by molar-refractivity contribution is -0.531. The highest BCUT2D eigenvalue weighted by atomic mass is 32.2. The van der Waals surface area contributed by atoms with Crippen molar-refractivity contribution in [3.63, 3.8) is 0 Å². The summed E-state index contributed by atoms with van der Waals surface area (Å²) in [6.07, 6.45) is 0. The summed E-state index contributed by atoms with van der Waals surface area (Å²) in [7, 11) is 0. The maximum absolute atomic E-state index is 10.8. The van der Waals surface area contributed by atoms with Gasteiger partial charge >= 0.3 is 4.87 Å². The third-order valence-corrected chi connectivity index (χ3v) is 2.77. The Kier molecular flexibility index (Phi) is 3.14. The molecule has 0 aliphatic heterocycles. The van der Waals surface area contributed by atoms with E-state index in [1.165, 1.54) is 30.3 Å². The summed E-state index contributed by atoms with van der Waals surface area (Å²) in [5, 5.41) is 19.4. The molecular formula is C8H5N2O4S-. The fraction of sp³-hybridized carbons (Fsp3) is 0.125. The second-order valence-electron chi connectivity index (χ2n) is 2.61. The number of nitrogens with zero attached hydrogens (tertiary/aromatic N) is 2. The maximum Gasteiger partial charge on any atom is 0.391 e. The Balaban J connectivity index is 3.44. The van der Waals surface area contributed by atoms with E-state index >= 15 is 0 Å². The molecule has 0 bridgehead atoms. The molecule has 2 atom stereocenters. The predicted octanol–water partition coefficient (Wildman–Crippen LogP) is 0.519. The molecule has 0 saturated heterocycles. The zero-order chi connectivity index (χ0) is 11.5. The summed E-state index contributed by atoms with van der Waals surface area (Å²) < 4.78 is 21.7. The Labute approximate surface area is 87.6 Å². The van der Waals surface area contributed by atoms with Gasteiger partial charge in [-0.3, -0.25) is 14.3 Å². The van der Waals surface area contributed by atoms with Crippen molar-refractivity contribution >= 4 is 11.1 Å². The molecule has 0 aliphatic carbocycles. The van der Waals surface area contributed by atoms with Gasteiger partial charge in [0, 0.05) is 11.1 Å². The molecule has 0 saturated carbocycles. The molecule has 0 amide bonds. The Bertz CT molecular complexity index is 426. The average molecular weight is 225 g/mol. The first-order valence-corrected chi connectivity index (χ1v) is 4.84. The lowest BCUT2D eigenvalue weighted by atomic mass is 10.1. The van der Waals surface area contributed by atoms with Crippen LogP contribution in [-0.2, 0) is 16.0 Å². The highest BCUT2D eigenvalue weighted by Gasteiger charge is 2.47. The van der Waals surface area contributed by atoms with Gasteiger partial charge < -0.3 is 4.55 Å². The van der Waals surface area contributed by atoms with E-state index < -0.39 is 20.9 Å². The van der Waals surface area contributed by atoms with E-state index in [0.717, 1.165) is 0 Å². The zero-order valence-corrected chi connectivity index (χ0v) is 8.14. The molecule has 6 nitrogen and oxygen atoms in total. The van der Waals surface area contributed by atoms with Crippen LogP contribution in [0.2, 0.25) is 0 Å². The predicted molar refractivity (Wildman–Crippen MR) is 49.6 cm³/mol. The second kappa shape index (κ2) is 4.16. The number of nitriles is 1. The van der Waals surface area contributed by atoms with Crippen LogP contribution in [0.5, 0.6) is 0 Å². The summed E-state index contributed by atoms with van der Waals surface area (Å²) in [5.74, 6) is 0. The van der Waals surface area contributed by atoms with Gasteiger partial charge in [0.1, 0.15) is 0 Å². The summed E-state index contributed by atoms with van der Waals surface area (Å²) in [6, 6.07) is 8.09. The van der Waals surface area contributed by atoms with E-state index in [9.17, 15) is 18.9 Å². The van der Waals surface area contributed by atoms with Crippen LogP contribution in [-0.4, -0.2) is 13.7 Å². The number of rotatable bonds is 3. The zero-order valence-electron chi connectivity index (χ0n) is 7.32. The number of hydrogen-bond acceptors (Lipinski definition) is 5. The topological polar surface area (TPSA) is 107 Å². The number of benzene rings is 1. The molecule has 0 aromatic heterocycles. The van der Waals surface area contributed by atoms with Crippen LogP contribution in [0.4, 0.5) is 0 Å². The maximum atomic E-state index is 10.8. The molecule has 0 fully saturated rings. The molecule has 7 heteroatoms. The first-order valence-electron chi connectivity index (χ1n) is 3.76. The SMILES string of the molecule is N#CC(c1ccccc1)([N+](=O)[O-])S(=O)[O-]. The molecule has 2 unspecified atom stereocenters. The van der Waals surface area contributed by atoms with Gasteiger partial charge in [-0.25, -0.2) is 0 Å². The molecular weight excluding hydrogens is 220 g/mol.